The molecule has 1 fully saturated rings. The van der Waals surface area contributed by atoms with E-state index >= 15 is 0 Å². The molecule has 1 aliphatic rings. The van der Waals surface area contributed by atoms with Crippen LogP contribution >= 0.6 is 7.82 Å². The van der Waals surface area contributed by atoms with Gasteiger partial charge in [0, 0.05) is 12.0 Å². The lowest BCUT2D eigenvalue weighted by Crippen LogP contribution is -2.30. The molecule has 0 aromatic rings. The van der Waals surface area contributed by atoms with Crippen molar-refractivity contribution in [3.05, 3.63) is 0 Å². The highest BCUT2D eigenvalue weighted by Gasteiger charge is 2.37. The zero-order valence-electron chi connectivity index (χ0n) is 9.52. The third-order valence-electron chi connectivity index (χ3n) is 1.91. The lowest BCUT2D eigenvalue weighted by Gasteiger charge is -2.32. The van der Waals surface area contributed by atoms with Crippen molar-refractivity contribution in [1.82, 2.24) is 0 Å². The van der Waals surface area contributed by atoms with Crippen molar-refractivity contribution in [1.29, 1.82) is 0 Å². The molecule has 0 amide bonds. The average molecular weight is 238 g/mol. The second kappa shape index (κ2) is 5.41. The molecule has 90 valence electrons. The third kappa shape index (κ3) is 4.62. The van der Waals surface area contributed by atoms with E-state index in [0.29, 0.717) is 26.4 Å². The first-order chi connectivity index (χ1) is 6.97. The number of ether oxygens (including phenoxy) is 1. The van der Waals surface area contributed by atoms with E-state index in [0.717, 1.165) is 0 Å². The minimum atomic E-state index is -3.31. The van der Waals surface area contributed by atoms with Gasteiger partial charge < -0.3 is 4.74 Å². The van der Waals surface area contributed by atoms with Gasteiger partial charge in [-0.2, -0.15) is 0 Å². The molecule has 0 unspecified atom stereocenters. The largest absolute Gasteiger partial charge is 0.474 e. The van der Waals surface area contributed by atoms with Gasteiger partial charge in [0.05, 0.1) is 26.4 Å². The molecular formula is C9H19O5P. The van der Waals surface area contributed by atoms with Crippen LogP contribution in [0, 0.1) is 5.41 Å². The van der Waals surface area contributed by atoms with Gasteiger partial charge in [-0.3, -0.25) is 13.6 Å². The minimum Gasteiger partial charge on any atom is -0.379 e. The van der Waals surface area contributed by atoms with Crippen LogP contribution in [0.3, 0.4) is 0 Å². The summed E-state index contributed by atoms with van der Waals surface area (Å²) < 4.78 is 32.1. The maximum Gasteiger partial charge on any atom is 0.474 e. The van der Waals surface area contributed by atoms with E-state index in [9.17, 15) is 4.57 Å². The van der Waals surface area contributed by atoms with Crippen LogP contribution in [-0.4, -0.2) is 33.0 Å². The highest BCUT2D eigenvalue weighted by molar-refractivity contribution is 7.48. The molecule has 5 nitrogen and oxygen atoms in total. The van der Waals surface area contributed by atoms with Crippen LogP contribution < -0.4 is 0 Å². The summed E-state index contributed by atoms with van der Waals surface area (Å²) in [6.45, 7) is 7.87. The first-order valence-corrected chi connectivity index (χ1v) is 6.55. The summed E-state index contributed by atoms with van der Waals surface area (Å²) in [5.41, 5.74) is -0.100. The molecule has 1 aliphatic heterocycles. The smallest absolute Gasteiger partial charge is 0.379 e. The molecule has 15 heavy (non-hydrogen) atoms. The number of phosphoric acid groups is 1. The van der Waals surface area contributed by atoms with Gasteiger partial charge >= 0.3 is 7.82 Å². The first kappa shape index (κ1) is 13.1. The van der Waals surface area contributed by atoms with Gasteiger partial charge in [0.25, 0.3) is 0 Å². The molecule has 0 aliphatic carbocycles. The Morgan fingerprint density at radius 3 is 2.40 bits per heavy atom. The van der Waals surface area contributed by atoms with E-state index in [4.69, 9.17) is 18.3 Å². The van der Waals surface area contributed by atoms with E-state index in [-0.39, 0.29) is 12.0 Å². The molecule has 0 aromatic heterocycles. The number of rotatable bonds is 5. The fourth-order valence-electron chi connectivity index (χ4n) is 1.01. The van der Waals surface area contributed by atoms with Gasteiger partial charge in [-0.1, -0.05) is 13.8 Å². The highest BCUT2D eigenvalue weighted by Crippen LogP contribution is 2.54. The molecule has 0 atom stereocenters. The second-order valence-electron chi connectivity index (χ2n) is 4.19. The Morgan fingerprint density at radius 2 is 1.87 bits per heavy atom. The normalized spacial score (nSPS) is 23.9. The Bertz CT molecular complexity index is 227. The summed E-state index contributed by atoms with van der Waals surface area (Å²) in [5, 5.41) is 0. The first-order valence-electron chi connectivity index (χ1n) is 5.09. The van der Waals surface area contributed by atoms with Crippen molar-refractivity contribution in [2.75, 3.05) is 33.0 Å². The molecule has 0 spiro atoms. The van der Waals surface area contributed by atoms with Crippen molar-refractivity contribution in [2.24, 2.45) is 5.41 Å². The Kier molecular flexibility index (Phi) is 4.74. The molecule has 6 heteroatoms. The maximum atomic E-state index is 11.8. The van der Waals surface area contributed by atoms with Gasteiger partial charge in [-0.15, -0.1) is 0 Å². The molecule has 0 N–H and O–H groups in total. The van der Waals surface area contributed by atoms with Crippen LogP contribution in [0.1, 0.15) is 20.8 Å². The van der Waals surface area contributed by atoms with Crippen molar-refractivity contribution in [3.8, 4) is 0 Å². The van der Waals surface area contributed by atoms with Crippen molar-refractivity contribution in [2.45, 2.75) is 20.8 Å². The van der Waals surface area contributed by atoms with Crippen molar-refractivity contribution >= 4 is 7.82 Å². The van der Waals surface area contributed by atoms with Gasteiger partial charge in [-0.25, -0.2) is 4.57 Å². The summed E-state index contributed by atoms with van der Waals surface area (Å²) >= 11 is 0. The standard InChI is InChI=1S/C9H19O5P/c1-4-11-5-6-12-15(10)13-7-9(2,3)8-14-15/h4-8H2,1-3H3. The molecular weight excluding hydrogens is 219 g/mol. The van der Waals surface area contributed by atoms with E-state index in [2.05, 4.69) is 0 Å². The lowest BCUT2D eigenvalue weighted by atomic mass is 9.97. The van der Waals surface area contributed by atoms with Crippen molar-refractivity contribution < 1.29 is 22.9 Å². The van der Waals surface area contributed by atoms with Crippen LogP contribution in [-0.2, 0) is 22.9 Å². The average Bonchev–Trinajstić information content (AvgIpc) is 2.19. The second-order valence-corrected chi connectivity index (χ2v) is 5.86. The Hall–Kier alpha value is 0.0700. The molecule has 0 aromatic carbocycles. The zero-order valence-corrected chi connectivity index (χ0v) is 10.4. The van der Waals surface area contributed by atoms with Crippen LogP contribution in [0.5, 0.6) is 0 Å². The summed E-state index contributed by atoms with van der Waals surface area (Å²) in [6.07, 6.45) is 0. The molecule has 0 bridgehead atoms. The number of hydrogen-bond donors (Lipinski definition) is 0. The molecule has 1 saturated heterocycles. The van der Waals surface area contributed by atoms with Crippen molar-refractivity contribution in [3.63, 3.8) is 0 Å². The van der Waals surface area contributed by atoms with Crippen LogP contribution in [0.25, 0.3) is 0 Å². The quantitative estimate of drug-likeness (QED) is 0.543. The summed E-state index contributed by atoms with van der Waals surface area (Å²) in [5.74, 6) is 0. The number of phosphoric ester groups is 1. The van der Waals surface area contributed by atoms with Gasteiger partial charge in [0.15, 0.2) is 0 Å². The molecule has 0 radical (unpaired) electrons. The fraction of sp³-hybridized carbons (Fsp3) is 1.00. The highest BCUT2D eigenvalue weighted by atomic mass is 31.2. The Balaban J connectivity index is 2.26. The van der Waals surface area contributed by atoms with E-state index in [1.165, 1.54) is 0 Å². The zero-order chi connectivity index (χ0) is 11.4. The SMILES string of the molecule is CCOCCOP1(=O)OCC(C)(C)CO1. The molecule has 0 saturated carbocycles. The molecule has 1 heterocycles. The monoisotopic (exact) mass is 238 g/mol. The van der Waals surface area contributed by atoms with Crippen LogP contribution in [0.2, 0.25) is 0 Å². The van der Waals surface area contributed by atoms with Gasteiger partial charge in [0.1, 0.15) is 0 Å². The topological polar surface area (TPSA) is 54.0 Å². The summed E-state index contributed by atoms with van der Waals surface area (Å²) in [4.78, 5) is 0. The summed E-state index contributed by atoms with van der Waals surface area (Å²) in [7, 11) is -3.31. The van der Waals surface area contributed by atoms with E-state index < -0.39 is 7.82 Å². The van der Waals surface area contributed by atoms with E-state index in [1.54, 1.807) is 0 Å². The van der Waals surface area contributed by atoms with Gasteiger partial charge in [-0.05, 0) is 6.92 Å². The predicted molar refractivity (Wildman–Crippen MR) is 55.7 cm³/mol. The minimum absolute atomic E-state index is 0.100. The van der Waals surface area contributed by atoms with Gasteiger partial charge in [0.2, 0.25) is 0 Å². The third-order valence-corrected chi connectivity index (χ3v) is 3.30. The van der Waals surface area contributed by atoms with E-state index in [1.807, 2.05) is 20.8 Å². The maximum absolute atomic E-state index is 11.8. The van der Waals surface area contributed by atoms with Crippen LogP contribution in [0.4, 0.5) is 0 Å². The summed E-state index contributed by atoms with van der Waals surface area (Å²) in [6, 6.07) is 0. The molecule has 1 rings (SSSR count). The fourth-order valence-corrected chi connectivity index (χ4v) is 2.55. The predicted octanol–water partition coefficient (Wildman–Crippen LogP) is 2.22. The van der Waals surface area contributed by atoms with Crippen LogP contribution in [0.15, 0.2) is 0 Å². The number of hydrogen-bond acceptors (Lipinski definition) is 5. The lowest BCUT2D eigenvalue weighted by molar-refractivity contribution is -0.00627. The Morgan fingerprint density at radius 1 is 1.27 bits per heavy atom. The Labute approximate surface area is 90.7 Å².